The van der Waals surface area contributed by atoms with Crippen molar-refractivity contribution in [2.24, 2.45) is 15.2 Å². The Hall–Kier alpha value is -5.43. The van der Waals surface area contributed by atoms with Crippen molar-refractivity contribution in [1.29, 1.82) is 0 Å². The SMILES string of the molecule is COc1cc(C2Oc3ccccc3N=C(N(c3ccccc3)c3ccccc3)C2N=Nc2ccccc2)ccc1O. The largest absolute Gasteiger partial charge is 0.504 e. The van der Waals surface area contributed by atoms with Gasteiger partial charge in [-0.05, 0) is 66.2 Å². The first-order valence-corrected chi connectivity index (χ1v) is 13.3. The molecule has 7 nitrogen and oxygen atoms in total. The molecular formula is C34H28N4O3. The second kappa shape index (κ2) is 11.8. The fraction of sp³-hybridized carbons (Fsp3) is 0.0882. The maximum atomic E-state index is 10.4. The minimum atomic E-state index is -0.697. The molecule has 0 fully saturated rings. The van der Waals surface area contributed by atoms with Gasteiger partial charge in [0.05, 0.1) is 12.8 Å². The summed E-state index contributed by atoms with van der Waals surface area (Å²) in [4.78, 5) is 7.29. The van der Waals surface area contributed by atoms with Gasteiger partial charge in [0.25, 0.3) is 0 Å². The molecule has 1 heterocycles. The Kier molecular flexibility index (Phi) is 7.40. The van der Waals surface area contributed by atoms with E-state index in [1.807, 2.05) is 121 Å². The molecule has 7 heteroatoms. The van der Waals surface area contributed by atoms with Crippen LogP contribution in [0.2, 0.25) is 0 Å². The molecule has 0 aliphatic carbocycles. The van der Waals surface area contributed by atoms with Crippen molar-refractivity contribution < 1.29 is 14.6 Å². The summed E-state index contributed by atoms with van der Waals surface area (Å²) in [5, 5.41) is 19.9. The average Bonchev–Trinajstić information content (AvgIpc) is 3.19. The molecule has 0 spiro atoms. The predicted molar refractivity (Wildman–Crippen MR) is 161 cm³/mol. The maximum Gasteiger partial charge on any atom is 0.170 e. The van der Waals surface area contributed by atoms with Gasteiger partial charge in [-0.2, -0.15) is 10.2 Å². The third kappa shape index (κ3) is 5.51. The van der Waals surface area contributed by atoms with Crippen LogP contribution in [0.1, 0.15) is 11.7 Å². The van der Waals surface area contributed by atoms with Crippen LogP contribution in [0.25, 0.3) is 0 Å². The Morgan fingerprint density at radius 1 is 0.756 bits per heavy atom. The van der Waals surface area contributed by atoms with Crippen LogP contribution in [0.5, 0.6) is 17.2 Å². The highest BCUT2D eigenvalue weighted by atomic mass is 16.5. The van der Waals surface area contributed by atoms with E-state index in [-0.39, 0.29) is 5.75 Å². The van der Waals surface area contributed by atoms with Gasteiger partial charge in [-0.1, -0.05) is 72.8 Å². The van der Waals surface area contributed by atoms with Crippen molar-refractivity contribution in [2.75, 3.05) is 12.0 Å². The first kappa shape index (κ1) is 25.8. The molecule has 1 aliphatic heterocycles. The number of amidine groups is 1. The number of phenols is 1. The van der Waals surface area contributed by atoms with Crippen LogP contribution in [0, 0.1) is 0 Å². The molecule has 5 aromatic rings. The van der Waals surface area contributed by atoms with Crippen LogP contribution in [-0.4, -0.2) is 24.1 Å². The molecule has 0 amide bonds. The van der Waals surface area contributed by atoms with E-state index in [0.717, 1.165) is 16.9 Å². The molecule has 2 unspecified atom stereocenters. The lowest BCUT2D eigenvalue weighted by Crippen LogP contribution is -2.39. The van der Waals surface area contributed by atoms with E-state index in [9.17, 15) is 5.11 Å². The van der Waals surface area contributed by atoms with Crippen molar-refractivity contribution >= 4 is 28.6 Å². The second-order valence-corrected chi connectivity index (χ2v) is 9.41. The molecule has 0 aromatic heterocycles. The lowest BCUT2D eigenvalue weighted by molar-refractivity contribution is 0.197. The quantitative estimate of drug-likeness (QED) is 0.219. The van der Waals surface area contributed by atoms with Crippen LogP contribution in [0.15, 0.2) is 149 Å². The van der Waals surface area contributed by atoms with Gasteiger partial charge in [0.1, 0.15) is 17.3 Å². The van der Waals surface area contributed by atoms with E-state index in [1.165, 1.54) is 7.11 Å². The lowest BCUT2D eigenvalue weighted by atomic mass is 9.99. The number of benzene rings is 5. The van der Waals surface area contributed by atoms with Crippen LogP contribution in [0.3, 0.4) is 0 Å². The number of nitrogens with zero attached hydrogens (tertiary/aromatic N) is 4. The Labute approximate surface area is 238 Å². The molecule has 1 aliphatic rings. The zero-order chi connectivity index (χ0) is 28.0. The van der Waals surface area contributed by atoms with Crippen LogP contribution < -0.4 is 14.4 Å². The van der Waals surface area contributed by atoms with Crippen molar-refractivity contribution in [2.45, 2.75) is 12.1 Å². The number of hydrogen-bond acceptors (Lipinski definition) is 7. The number of anilines is 2. The van der Waals surface area contributed by atoms with Crippen molar-refractivity contribution in [1.82, 2.24) is 0 Å². The van der Waals surface area contributed by atoms with Crippen LogP contribution >= 0.6 is 0 Å². The highest BCUT2D eigenvalue weighted by Gasteiger charge is 2.37. The summed E-state index contributed by atoms with van der Waals surface area (Å²) in [7, 11) is 1.52. The summed E-state index contributed by atoms with van der Waals surface area (Å²) in [6, 6.07) is 41.9. The number of methoxy groups -OCH3 is 1. The minimum Gasteiger partial charge on any atom is -0.504 e. The normalized spacial score (nSPS) is 16.3. The molecule has 2 atom stereocenters. The number of azo groups is 1. The number of aliphatic imine (C=N–C) groups is 1. The van der Waals surface area contributed by atoms with Crippen molar-refractivity contribution in [3.63, 3.8) is 0 Å². The van der Waals surface area contributed by atoms with Crippen LogP contribution in [0.4, 0.5) is 22.7 Å². The van der Waals surface area contributed by atoms with Crippen molar-refractivity contribution in [3.05, 3.63) is 139 Å². The Morgan fingerprint density at radius 3 is 2.02 bits per heavy atom. The number of ether oxygens (including phenoxy) is 2. The highest BCUT2D eigenvalue weighted by Crippen LogP contribution is 2.42. The molecule has 41 heavy (non-hydrogen) atoms. The summed E-state index contributed by atoms with van der Waals surface area (Å²) in [5.74, 6) is 1.62. The third-order valence-electron chi connectivity index (χ3n) is 6.75. The van der Waals surface area contributed by atoms with Gasteiger partial charge in [0.15, 0.2) is 23.6 Å². The summed E-state index contributed by atoms with van der Waals surface area (Å²) >= 11 is 0. The van der Waals surface area contributed by atoms with E-state index < -0.39 is 12.1 Å². The zero-order valence-corrected chi connectivity index (χ0v) is 22.4. The summed E-state index contributed by atoms with van der Waals surface area (Å²) < 4.78 is 12.2. The van der Waals surface area contributed by atoms with Gasteiger partial charge in [0.2, 0.25) is 0 Å². The summed E-state index contributed by atoms with van der Waals surface area (Å²) in [5.41, 5.74) is 3.97. The monoisotopic (exact) mass is 540 g/mol. The number of rotatable bonds is 6. The van der Waals surface area contributed by atoms with Crippen molar-refractivity contribution in [3.8, 4) is 17.2 Å². The smallest absolute Gasteiger partial charge is 0.170 e. The fourth-order valence-electron chi connectivity index (χ4n) is 4.78. The van der Waals surface area contributed by atoms with E-state index in [0.29, 0.717) is 28.7 Å². The van der Waals surface area contributed by atoms with Crippen LogP contribution in [-0.2, 0) is 0 Å². The molecule has 6 rings (SSSR count). The van der Waals surface area contributed by atoms with Gasteiger partial charge in [-0.15, -0.1) is 0 Å². The average molecular weight is 541 g/mol. The Balaban J connectivity index is 1.60. The fourth-order valence-corrected chi connectivity index (χ4v) is 4.78. The molecule has 5 aromatic carbocycles. The van der Waals surface area contributed by atoms with Gasteiger partial charge in [-0.3, -0.25) is 4.90 Å². The lowest BCUT2D eigenvalue weighted by Gasteiger charge is -2.31. The van der Waals surface area contributed by atoms with E-state index >= 15 is 0 Å². The minimum absolute atomic E-state index is 0.0387. The standard InChI is InChI=1S/C34H28N4O3/c1-40-31-23-24(21-22-29(31)39)33-32(37-36-25-13-5-2-6-14-25)34(35-28-19-11-12-20-30(28)41-33)38(26-15-7-3-8-16-26)27-17-9-4-10-18-27/h2-23,32-33,39H,1H3. The summed E-state index contributed by atoms with van der Waals surface area (Å²) in [6.07, 6.45) is -0.658. The van der Waals surface area contributed by atoms with Gasteiger partial charge in [-0.25, -0.2) is 4.99 Å². The molecular weight excluding hydrogens is 512 g/mol. The third-order valence-corrected chi connectivity index (χ3v) is 6.75. The first-order valence-electron chi connectivity index (χ1n) is 13.3. The second-order valence-electron chi connectivity index (χ2n) is 9.41. The Morgan fingerprint density at radius 2 is 1.37 bits per heavy atom. The van der Waals surface area contributed by atoms with E-state index in [1.54, 1.807) is 12.1 Å². The first-order chi connectivity index (χ1) is 20.2. The molecule has 0 saturated heterocycles. The molecule has 0 radical (unpaired) electrons. The topological polar surface area (TPSA) is 79.0 Å². The Bertz CT molecular complexity index is 1640. The number of para-hydroxylation sites is 4. The molecule has 0 bridgehead atoms. The molecule has 202 valence electrons. The number of hydrogen-bond donors (Lipinski definition) is 1. The van der Waals surface area contributed by atoms with Gasteiger partial charge >= 0.3 is 0 Å². The summed E-state index contributed by atoms with van der Waals surface area (Å²) in [6.45, 7) is 0. The van der Waals surface area contributed by atoms with Gasteiger partial charge < -0.3 is 14.6 Å². The molecule has 0 saturated carbocycles. The number of phenolic OH excluding ortho intramolecular Hbond substituents is 1. The number of aromatic hydroxyl groups is 1. The highest BCUT2D eigenvalue weighted by molar-refractivity contribution is 6.09. The zero-order valence-electron chi connectivity index (χ0n) is 22.4. The maximum absolute atomic E-state index is 10.4. The predicted octanol–water partition coefficient (Wildman–Crippen LogP) is 8.56. The van der Waals surface area contributed by atoms with E-state index in [2.05, 4.69) is 10.0 Å². The molecule has 1 N–H and O–H groups in total. The van der Waals surface area contributed by atoms with E-state index in [4.69, 9.17) is 19.6 Å². The van der Waals surface area contributed by atoms with Gasteiger partial charge in [0, 0.05) is 11.4 Å². The number of fused-ring (bicyclic) bond motifs is 1.